The Morgan fingerprint density at radius 1 is 1.09 bits per heavy atom. The average Bonchev–Trinajstić information content (AvgIpc) is 3.24. The molecule has 0 saturated carbocycles. The van der Waals surface area contributed by atoms with Crippen LogP contribution in [0.3, 0.4) is 0 Å². The lowest BCUT2D eigenvalue weighted by Gasteiger charge is -2.20. The number of rotatable bonds is 11. The SMILES string of the molecule is C=CCN(Cc1csc(COc2c(OC)cccc2OC)n1)S(=O)(=O)c1ccc(C)cc1. The summed E-state index contributed by atoms with van der Waals surface area (Å²) in [6.07, 6.45) is 1.57. The number of methoxy groups -OCH3 is 2. The largest absolute Gasteiger partial charge is 0.493 e. The van der Waals surface area contributed by atoms with Crippen molar-refractivity contribution in [3.63, 3.8) is 0 Å². The lowest BCUT2D eigenvalue weighted by Crippen LogP contribution is -2.31. The molecule has 0 aliphatic rings. The van der Waals surface area contributed by atoms with Crippen molar-refractivity contribution >= 4 is 21.4 Å². The zero-order valence-electron chi connectivity index (χ0n) is 18.3. The van der Waals surface area contributed by atoms with Crippen LogP contribution in [0.2, 0.25) is 0 Å². The van der Waals surface area contributed by atoms with Crippen LogP contribution in [0.25, 0.3) is 0 Å². The summed E-state index contributed by atoms with van der Waals surface area (Å²) in [4.78, 5) is 4.79. The van der Waals surface area contributed by atoms with E-state index in [1.165, 1.54) is 15.6 Å². The third-order valence-corrected chi connectivity index (χ3v) is 7.35. The highest BCUT2D eigenvalue weighted by molar-refractivity contribution is 7.89. The smallest absolute Gasteiger partial charge is 0.243 e. The van der Waals surface area contributed by atoms with Gasteiger partial charge in [-0.1, -0.05) is 29.8 Å². The van der Waals surface area contributed by atoms with Gasteiger partial charge in [0.15, 0.2) is 11.5 Å². The summed E-state index contributed by atoms with van der Waals surface area (Å²) in [5.41, 5.74) is 1.63. The molecule has 0 fully saturated rings. The van der Waals surface area contributed by atoms with Crippen LogP contribution in [0.5, 0.6) is 17.2 Å². The van der Waals surface area contributed by atoms with Crippen molar-refractivity contribution in [2.45, 2.75) is 25.0 Å². The van der Waals surface area contributed by atoms with Gasteiger partial charge in [0.2, 0.25) is 15.8 Å². The molecule has 9 heteroatoms. The van der Waals surface area contributed by atoms with Gasteiger partial charge in [-0.3, -0.25) is 0 Å². The zero-order chi connectivity index (χ0) is 23.1. The first kappa shape index (κ1) is 23.8. The molecule has 170 valence electrons. The normalized spacial score (nSPS) is 11.4. The summed E-state index contributed by atoms with van der Waals surface area (Å²) < 4.78 is 44.1. The lowest BCUT2D eigenvalue weighted by atomic mass is 10.2. The van der Waals surface area contributed by atoms with Gasteiger partial charge in [0.25, 0.3) is 0 Å². The fraction of sp³-hybridized carbons (Fsp3) is 0.261. The van der Waals surface area contributed by atoms with E-state index in [0.717, 1.165) is 5.56 Å². The van der Waals surface area contributed by atoms with E-state index in [9.17, 15) is 8.42 Å². The second-order valence-corrected chi connectivity index (χ2v) is 9.79. The van der Waals surface area contributed by atoms with Gasteiger partial charge in [-0.25, -0.2) is 13.4 Å². The number of nitrogens with zero attached hydrogens (tertiary/aromatic N) is 2. The Labute approximate surface area is 192 Å². The van der Waals surface area contributed by atoms with E-state index in [1.54, 1.807) is 56.7 Å². The van der Waals surface area contributed by atoms with Crippen LogP contribution in [0.4, 0.5) is 0 Å². The molecule has 1 heterocycles. The van der Waals surface area contributed by atoms with Crippen molar-refractivity contribution in [1.29, 1.82) is 0 Å². The molecule has 0 amide bonds. The minimum Gasteiger partial charge on any atom is -0.493 e. The van der Waals surface area contributed by atoms with Crippen LogP contribution in [0.15, 0.2) is 65.4 Å². The first-order valence-corrected chi connectivity index (χ1v) is 12.2. The Morgan fingerprint density at radius 3 is 2.34 bits per heavy atom. The summed E-state index contributed by atoms with van der Waals surface area (Å²) in [6.45, 7) is 6.13. The van der Waals surface area contributed by atoms with Crippen LogP contribution in [0.1, 0.15) is 16.3 Å². The molecular weight excluding hydrogens is 448 g/mol. The quantitative estimate of drug-likeness (QED) is 0.383. The maximum atomic E-state index is 13.1. The second kappa shape index (κ2) is 10.6. The summed E-state index contributed by atoms with van der Waals surface area (Å²) >= 11 is 1.40. The van der Waals surface area contributed by atoms with Gasteiger partial charge in [-0.15, -0.1) is 17.9 Å². The number of hydrogen-bond acceptors (Lipinski definition) is 7. The van der Waals surface area contributed by atoms with Crippen LogP contribution >= 0.6 is 11.3 Å². The van der Waals surface area contributed by atoms with Crippen molar-refractivity contribution in [3.05, 3.63) is 76.8 Å². The van der Waals surface area contributed by atoms with Gasteiger partial charge in [0.05, 0.1) is 31.4 Å². The Morgan fingerprint density at radius 2 is 1.75 bits per heavy atom. The summed E-state index contributed by atoms with van der Waals surface area (Å²) in [5.74, 6) is 1.61. The van der Waals surface area contributed by atoms with E-state index in [1.807, 2.05) is 18.4 Å². The van der Waals surface area contributed by atoms with Crippen LogP contribution in [-0.4, -0.2) is 38.5 Å². The predicted octanol–water partition coefficient (Wildman–Crippen LogP) is 4.42. The highest BCUT2D eigenvalue weighted by Crippen LogP contribution is 2.37. The van der Waals surface area contributed by atoms with Gasteiger partial charge in [0, 0.05) is 11.9 Å². The third kappa shape index (κ3) is 5.48. The molecule has 0 spiro atoms. The molecule has 1 aromatic heterocycles. The maximum absolute atomic E-state index is 13.1. The number of para-hydroxylation sites is 1. The van der Waals surface area contributed by atoms with Crippen molar-refractivity contribution in [2.75, 3.05) is 20.8 Å². The number of hydrogen-bond donors (Lipinski definition) is 0. The van der Waals surface area contributed by atoms with E-state index in [2.05, 4.69) is 11.6 Å². The van der Waals surface area contributed by atoms with Gasteiger partial charge in [0.1, 0.15) is 11.6 Å². The van der Waals surface area contributed by atoms with E-state index >= 15 is 0 Å². The van der Waals surface area contributed by atoms with E-state index in [4.69, 9.17) is 14.2 Å². The molecule has 0 saturated heterocycles. The van der Waals surface area contributed by atoms with Crippen molar-refractivity contribution < 1.29 is 22.6 Å². The first-order chi connectivity index (χ1) is 15.4. The Bertz CT molecular complexity index is 1140. The van der Waals surface area contributed by atoms with Crippen molar-refractivity contribution in [3.8, 4) is 17.2 Å². The van der Waals surface area contributed by atoms with Gasteiger partial charge < -0.3 is 14.2 Å². The number of ether oxygens (including phenoxy) is 3. The van der Waals surface area contributed by atoms with E-state index in [-0.39, 0.29) is 24.6 Å². The Kier molecular flexibility index (Phi) is 7.89. The molecule has 2 aromatic carbocycles. The Balaban J connectivity index is 1.74. The van der Waals surface area contributed by atoms with Gasteiger partial charge in [-0.2, -0.15) is 4.31 Å². The highest BCUT2D eigenvalue weighted by Gasteiger charge is 2.24. The second-order valence-electron chi connectivity index (χ2n) is 6.91. The molecule has 0 N–H and O–H groups in total. The van der Waals surface area contributed by atoms with Gasteiger partial charge in [-0.05, 0) is 31.2 Å². The molecule has 0 bridgehead atoms. The molecule has 0 aliphatic carbocycles. The molecule has 0 atom stereocenters. The lowest BCUT2D eigenvalue weighted by molar-refractivity contribution is 0.265. The van der Waals surface area contributed by atoms with Crippen LogP contribution in [-0.2, 0) is 23.2 Å². The monoisotopic (exact) mass is 474 g/mol. The molecule has 3 aromatic rings. The molecule has 0 radical (unpaired) electrons. The summed E-state index contributed by atoms with van der Waals surface area (Å²) in [7, 11) is -0.557. The van der Waals surface area contributed by atoms with Crippen LogP contribution in [0, 0.1) is 6.92 Å². The Hall–Kier alpha value is -2.88. The van der Waals surface area contributed by atoms with Crippen LogP contribution < -0.4 is 14.2 Å². The average molecular weight is 475 g/mol. The molecule has 0 unspecified atom stereocenters. The fourth-order valence-electron chi connectivity index (χ4n) is 3.01. The fourth-order valence-corrected chi connectivity index (χ4v) is 5.09. The highest BCUT2D eigenvalue weighted by atomic mass is 32.2. The minimum atomic E-state index is -3.68. The number of aromatic nitrogens is 1. The number of sulfonamides is 1. The van der Waals surface area contributed by atoms with E-state index in [0.29, 0.717) is 28.0 Å². The molecule has 3 rings (SSSR count). The number of thiazole rings is 1. The topological polar surface area (TPSA) is 78.0 Å². The first-order valence-electron chi connectivity index (χ1n) is 9.83. The zero-order valence-corrected chi connectivity index (χ0v) is 19.9. The number of aryl methyl sites for hydroxylation is 1. The van der Waals surface area contributed by atoms with Crippen molar-refractivity contribution in [2.24, 2.45) is 0 Å². The maximum Gasteiger partial charge on any atom is 0.243 e. The van der Waals surface area contributed by atoms with E-state index < -0.39 is 10.0 Å². The third-order valence-electron chi connectivity index (χ3n) is 4.65. The molecule has 7 nitrogen and oxygen atoms in total. The molecular formula is C23H26N2O5S2. The van der Waals surface area contributed by atoms with Gasteiger partial charge >= 0.3 is 0 Å². The summed E-state index contributed by atoms with van der Waals surface area (Å²) in [5, 5.41) is 2.54. The summed E-state index contributed by atoms with van der Waals surface area (Å²) in [6, 6.07) is 12.2. The number of benzene rings is 2. The standard InChI is InChI=1S/C23H26N2O5S2/c1-5-13-25(32(26,27)19-11-9-17(2)10-12-19)14-18-16-31-22(24-18)15-30-23-20(28-3)7-6-8-21(23)29-4/h5-12,16H,1,13-15H2,2-4H3. The molecule has 0 aliphatic heterocycles. The molecule has 32 heavy (non-hydrogen) atoms. The minimum absolute atomic E-state index is 0.136. The predicted molar refractivity (Wildman–Crippen MR) is 125 cm³/mol. The van der Waals surface area contributed by atoms with Crippen molar-refractivity contribution in [1.82, 2.24) is 9.29 Å².